The zero-order valence-corrected chi connectivity index (χ0v) is 11.5. The third-order valence-corrected chi connectivity index (χ3v) is 3.58. The number of H-pyrrole nitrogens is 1. The molecule has 0 radical (unpaired) electrons. The number of aromatic nitrogens is 2. The van der Waals surface area contributed by atoms with Crippen LogP contribution in [0.25, 0.3) is 22.4 Å². The van der Waals surface area contributed by atoms with Gasteiger partial charge in [0, 0.05) is 5.56 Å². The first-order chi connectivity index (χ1) is 9.84. The molecule has 1 N–H and O–H groups in total. The summed E-state index contributed by atoms with van der Waals surface area (Å²) < 4.78 is 37.7. The minimum absolute atomic E-state index is 0.573. The van der Waals surface area contributed by atoms with Gasteiger partial charge in [0.1, 0.15) is 5.82 Å². The number of benzene rings is 2. The van der Waals surface area contributed by atoms with Crippen LogP contribution in [0, 0.1) is 13.8 Å². The van der Waals surface area contributed by atoms with Gasteiger partial charge in [0.15, 0.2) is 0 Å². The smallest absolute Gasteiger partial charge is 0.338 e. The van der Waals surface area contributed by atoms with Crippen molar-refractivity contribution in [1.82, 2.24) is 9.97 Å². The van der Waals surface area contributed by atoms with Gasteiger partial charge in [-0.05, 0) is 49.2 Å². The van der Waals surface area contributed by atoms with Crippen LogP contribution in [0.5, 0.6) is 0 Å². The zero-order valence-electron chi connectivity index (χ0n) is 11.5. The Hall–Kier alpha value is -2.30. The van der Waals surface area contributed by atoms with Crippen molar-refractivity contribution in [3.05, 3.63) is 53.1 Å². The number of halogens is 3. The number of aromatic amines is 1. The van der Waals surface area contributed by atoms with Crippen LogP contribution in [0.4, 0.5) is 13.2 Å². The number of aryl methyl sites for hydroxylation is 2. The molecule has 0 bridgehead atoms. The number of alkyl halides is 3. The average molecular weight is 290 g/mol. The lowest BCUT2D eigenvalue weighted by atomic mass is 10.1. The Morgan fingerprint density at radius 1 is 0.952 bits per heavy atom. The summed E-state index contributed by atoms with van der Waals surface area (Å²) in [6, 6.07) is 8.96. The normalized spacial score (nSPS) is 12.0. The molecule has 5 heteroatoms. The van der Waals surface area contributed by atoms with Gasteiger partial charge in [0.2, 0.25) is 0 Å². The van der Waals surface area contributed by atoms with Crippen molar-refractivity contribution < 1.29 is 13.2 Å². The molecule has 0 fully saturated rings. The van der Waals surface area contributed by atoms with Gasteiger partial charge in [-0.15, -0.1) is 0 Å². The Morgan fingerprint density at radius 3 is 2.19 bits per heavy atom. The van der Waals surface area contributed by atoms with Crippen LogP contribution in [-0.4, -0.2) is 9.97 Å². The molecule has 0 aliphatic heterocycles. The molecule has 2 aromatic carbocycles. The van der Waals surface area contributed by atoms with Crippen molar-refractivity contribution in [3.8, 4) is 11.4 Å². The fraction of sp³-hybridized carbons (Fsp3) is 0.188. The standard InChI is InChI=1S/C16H13F3N2/c1-9-7-13-14(8-10(9)2)21-15(20-13)11-3-5-12(6-4-11)16(17,18)19/h3-8H,1-2H3,(H,20,21). The molecule has 0 amide bonds. The largest absolute Gasteiger partial charge is 0.416 e. The number of nitrogens with one attached hydrogen (secondary N) is 1. The SMILES string of the molecule is Cc1cc2nc(-c3ccc(C(F)(F)F)cc3)[nH]c2cc1C. The van der Waals surface area contributed by atoms with E-state index in [2.05, 4.69) is 9.97 Å². The topological polar surface area (TPSA) is 28.7 Å². The molecule has 2 nitrogen and oxygen atoms in total. The van der Waals surface area contributed by atoms with Gasteiger partial charge in [-0.2, -0.15) is 13.2 Å². The van der Waals surface area contributed by atoms with E-state index in [1.807, 2.05) is 26.0 Å². The van der Waals surface area contributed by atoms with Crippen molar-refractivity contribution in [3.63, 3.8) is 0 Å². The van der Waals surface area contributed by atoms with Crippen molar-refractivity contribution in [2.24, 2.45) is 0 Å². The Labute approximate surface area is 119 Å². The lowest BCUT2D eigenvalue weighted by molar-refractivity contribution is -0.137. The van der Waals surface area contributed by atoms with E-state index in [1.165, 1.54) is 12.1 Å². The summed E-state index contributed by atoms with van der Waals surface area (Å²) >= 11 is 0. The number of nitrogens with zero attached hydrogens (tertiary/aromatic N) is 1. The highest BCUT2D eigenvalue weighted by atomic mass is 19.4. The van der Waals surface area contributed by atoms with Crippen molar-refractivity contribution in [1.29, 1.82) is 0 Å². The number of hydrogen-bond acceptors (Lipinski definition) is 1. The summed E-state index contributed by atoms with van der Waals surface area (Å²) in [5.41, 5.74) is 3.95. The Kier molecular flexibility index (Phi) is 3.01. The summed E-state index contributed by atoms with van der Waals surface area (Å²) in [5, 5.41) is 0. The molecular weight excluding hydrogens is 277 g/mol. The number of rotatable bonds is 1. The molecule has 21 heavy (non-hydrogen) atoms. The van der Waals surface area contributed by atoms with E-state index in [-0.39, 0.29) is 0 Å². The van der Waals surface area contributed by atoms with Gasteiger partial charge in [0.25, 0.3) is 0 Å². The average Bonchev–Trinajstić information content (AvgIpc) is 2.81. The lowest BCUT2D eigenvalue weighted by Crippen LogP contribution is -2.04. The summed E-state index contributed by atoms with van der Waals surface area (Å²) in [6.07, 6.45) is -4.32. The lowest BCUT2D eigenvalue weighted by Gasteiger charge is -2.06. The van der Waals surface area contributed by atoms with Crippen LogP contribution in [0.15, 0.2) is 36.4 Å². The maximum absolute atomic E-state index is 12.6. The second-order valence-electron chi connectivity index (χ2n) is 5.11. The quantitative estimate of drug-likeness (QED) is 0.681. The Balaban J connectivity index is 2.04. The predicted molar refractivity (Wildman–Crippen MR) is 76.0 cm³/mol. The van der Waals surface area contributed by atoms with E-state index in [0.717, 1.165) is 34.3 Å². The number of fused-ring (bicyclic) bond motifs is 1. The van der Waals surface area contributed by atoms with E-state index in [0.29, 0.717) is 11.4 Å². The van der Waals surface area contributed by atoms with Crippen LogP contribution in [0.2, 0.25) is 0 Å². The van der Waals surface area contributed by atoms with Gasteiger partial charge in [0.05, 0.1) is 16.6 Å². The molecule has 3 aromatic rings. The van der Waals surface area contributed by atoms with Gasteiger partial charge in [-0.25, -0.2) is 4.98 Å². The fourth-order valence-corrected chi connectivity index (χ4v) is 2.22. The summed E-state index contributed by atoms with van der Waals surface area (Å²) in [6.45, 7) is 4.01. The Morgan fingerprint density at radius 2 is 1.57 bits per heavy atom. The van der Waals surface area contributed by atoms with Crippen LogP contribution in [0.3, 0.4) is 0 Å². The molecule has 1 heterocycles. The predicted octanol–water partition coefficient (Wildman–Crippen LogP) is 4.87. The van der Waals surface area contributed by atoms with E-state index in [1.54, 1.807) is 0 Å². The molecule has 0 atom stereocenters. The van der Waals surface area contributed by atoms with E-state index < -0.39 is 11.7 Å². The van der Waals surface area contributed by atoms with E-state index in [9.17, 15) is 13.2 Å². The zero-order chi connectivity index (χ0) is 15.2. The molecule has 0 spiro atoms. The van der Waals surface area contributed by atoms with Gasteiger partial charge in [-0.1, -0.05) is 12.1 Å². The fourth-order valence-electron chi connectivity index (χ4n) is 2.22. The first kappa shape index (κ1) is 13.7. The second kappa shape index (κ2) is 4.62. The molecule has 0 unspecified atom stereocenters. The van der Waals surface area contributed by atoms with E-state index >= 15 is 0 Å². The Bertz CT molecular complexity index is 760. The highest BCUT2D eigenvalue weighted by Gasteiger charge is 2.30. The third kappa shape index (κ3) is 2.51. The summed E-state index contributed by atoms with van der Waals surface area (Å²) in [4.78, 5) is 7.59. The van der Waals surface area contributed by atoms with Gasteiger partial charge < -0.3 is 4.98 Å². The summed E-state index contributed by atoms with van der Waals surface area (Å²) in [5.74, 6) is 0.573. The maximum atomic E-state index is 12.6. The highest BCUT2D eigenvalue weighted by Crippen LogP contribution is 2.31. The van der Waals surface area contributed by atoms with Crippen molar-refractivity contribution >= 4 is 11.0 Å². The summed E-state index contributed by atoms with van der Waals surface area (Å²) in [7, 11) is 0. The van der Waals surface area contributed by atoms with Crippen molar-refractivity contribution in [2.45, 2.75) is 20.0 Å². The third-order valence-electron chi connectivity index (χ3n) is 3.58. The number of hydrogen-bond donors (Lipinski definition) is 1. The molecule has 0 aliphatic rings. The minimum atomic E-state index is -4.32. The maximum Gasteiger partial charge on any atom is 0.416 e. The van der Waals surface area contributed by atoms with Gasteiger partial charge in [-0.3, -0.25) is 0 Å². The molecule has 0 aliphatic carbocycles. The molecule has 0 saturated heterocycles. The minimum Gasteiger partial charge on any atom is -0.338 e. The van der Waals surface area contributed by atoms with Crippen LogP contribution in [0.1, 0.15) is 16.7 Å². The second-order valence-corrected chi connectivity index (χ2v) is 5.11. The monoisotopic (exact) mass is 290 g/mol. The van der Waals surface area contributed by atoms with Crippen LogP contribution < -0.4 is 0 Å². The molecule has 1 aromatic heterocycles. The first-order valence-electron chi connectivity index (χ1n) is 6.49. The molecule has 0 saturated carbocycles. The van der Waals surface area contributed by atoms with Crippen molar-refractivity contribution in [2.75, 3.05) is 0 Å². The highest BCUT2D eigenvalue weighted by molar-refractivity contribution is 5.81. The molecule has 108 valence electrons. The molecular formula is C16H13F3N2. The molecule has 3 rings (SSSR count). The number of imidazole rings is 1. The van der Waals surface area contributed by atoms with Crippen LogP contribution >= 0.6 is 0 Å². The van der Waals surface area contributed by atoms with E-state index in [4.69, 9.17) is 0 Å². The van der Waals surface area contributed by atoms with Gasteiger partial charge >= 0.3 is 6.18 Å². The van der Waals surface area contributed by atoms with Crippen LogP contribution in [-0.2, 0) is 6.18 Å². The first-order valence-corrected chi connectivity index (χ1v) is 6.49.